The number of nitrogens with zero attached hydrogens (tertiary/aromatic N) is 4. The van der Waals surface area contributed by atoms with E-state index in [0.29, 0.717) is 29.1 Å². The van der Waals surface area contributed by atoms with Crippen LogP contribution in [-0.2, 0) is 32.1 Å². The molecule has 0 spiro atoms. The average Bonchev–Trinajstić information content (AvgIpc) is 3.94. The van der Waals surface area contributed by atoms with E-state index in [1.54, 1.807) is 24.3 Å². The number of hydrogen-bond donors (Lipinski definition) is 0. The van der Waals surface area contributed by atoms with E-state index in [9.17, 15) is 0 Å². The molecule has 0 aliphatic carbocycles. The van der Waals surface area contributed by atoms with Crippen molar-refractivity contribution in [2.24, 2.45) is 0 Å². The van der Waals surface area contributed by atoms with Gasteiger partial charge in [-0.3, -0.25) is 4.98 Å². The minimum atomic E-state index is -2.17. The first-order valence-corrected chi connectivity index (χ1v) is 26.6. The molecule has 0 fully saturated rings. The molecule has 7 aromatic carbocycles. The summed E-state index contributed by atoms with van der Waals surface area (Å²) in [6.07, 6.45) is 2.02. The molecule has 0 aliphatic heterocycles. The van der Waals surface area contributed by atoms with Gasteiger partial charge in [0.25, 0.3) is 0 Å². The molecule has 4 heterocycles. The Morgan fingerprint density at radius 2 is 1.30 bits per heavy atom. The molecule has 0 atom stereocenters. The Balaban J connectivity index is 0.000000321. The Labute approximate surface area is 424 Å². The van der Waals surface area contributed by atoms with E-state index in [-0.39, 0.29) is 25.5 Å². The largest absolute Gasteiger partial charge is 0.486 e. The monoisotopic (exact) mass is 1090 g/mol. The summed E-state index contributed by atoms with van der Waals surface area (Å²) in [4.78, 5) is 14.7. The predicted molar refractivity (Wildman–Crippen MR) is 286 cm³/mol. The minimum Gasteiger partial charge on any atom is -0.486 e. The number of benzene rings is 7. The minimum absolute atomic E-state index is 0. The van der Waals surface area contributed by atoms with E-state index >= 15 is 0 Å². The summed E-state index contributed by atoms with van der Waals surface area (Å²) in [6.45, 7) is 12.2. The maximum Gasteiger partial charge on any atom is 0.216 e. The first-order valence-electron chi connectivity index (χ1n) is 24.6. The number of aromatic nitrogens is 4. The van der Waals surface area contributed by atoms with Gasteiger partial charge in [0, 0.05) is 47.9 Å². The molecule has 0 aliphatic rings. The topological polar surface area (TPSA) is 56.7 Å². The van der Waals surface area contributed by atoms with E-state index < -0.39 is 14.9 Å². The number of hydrogen-bond acceptors (Lipinski definition) is 4. The molecule has 0 amide bonds. The van der Waals surface area contributed by atoms with Gasteiger partial charge in [-0.05, 0) is 80.8 Å². The Kier molecular flexibility index (Phi) is 12.2. The Morgan fingerprint density at radius 3 is 1.93 bits per heavy atom. The van der Waals surface area contributed by atoms with Crippen molar-refractivity contribution in [1.82, 2.24) is 19.5 Å². The molecule has 5 nitrogen and oxygen atoms in total. The van der Waals surface area contributed by atoms with Crippen LogP contribution in [0.3, 0.4) is 0 Å². The standard InChI is InChI=1S/C48H38N3O.C14H16NSi.Ir/c1-31-22-24-34(25-23-31)42-27-26-37-36-18-13-19-38(45(36)52-47(37)50-42)46-49-43-20-11-12-21-44(43)51(46)30-41-39(32-14-7-5-8-15-32)28-35(48(2,3)4)29-40(41)33-16-9-6-10-17-33;1-16(2,3)13-9-10-14(15-11-13)12-7-5-4-6-8-12;/h5-18,20-29H,30H2,1-4H3;4-7,9-11H,1-3H3;/q2*-1;/i1D3;;. The summed E-state index contributed by atoms with van der Waals surface area (Å²) in [7, 11) is -1.23. The summed E-state index contributed by atoms with van der Waals surface area (Å²) in [5.41, 5.74) is 14.7. The molecular formula is C62H54IrN4OSi-2. The van der Waals surface area contributed by atoms with Crippen molar-refractivity contribution in [2.75, 3.05) is 0 Å². The van der Waals surface area contributed by atoms with Crippen LogP contribution in [0.2, 0.25) is 19.6 Å². The molecule has 11 rings (SSSR count). The number of para-hydroxylation sites is 2. The maximum atomic E-state index is 7.75. The molecule has 343 valence electrons. The summed E-state index contributed by atoms with van der Waals surface area (Å²) < 4.78 is 32.2. The molecule has 0 saturated carbocycles. The van der Waals surface area contributed by atoms with Crippen LogP contribution in [0.15, 0.2) is 193 Å². The van der Waals surface area contributed by atoms with Gasteiger partial charge in [0.1, 0.15) is 0 Å². The number of furan rings is 1. The second kappa shape index (κ2) is 19.5. The second-order valence-electron chi connectivity index (χ2n) is 19.3. The van der Waals surface area contributed by atoms with Crippen molar-refractivity contribution >= 4 is 46.4 Å². The molecule has 0 saturated heterocycles. The van der Waals surface area contributed by atoms with Gasteiger partial charge in [-0.2, -0.15) is 0 Å². The molecule has 0 bridgehead atoms. The van der Waals surface area contributed by atoms with Gasteiger partial charge in [-0.15, -0.1) is 54.1 Å². The zero-order valence-corrected chi connectivity index (χ0v) is 43.0. The predicted octanol–water partition coefficient (Wildman–Crippen LogP) is 15.5. The Hall–Kier alpha value is -7.02. The first-order chi connectivity index (χ1) is 34.1. The number of imidazole rings is 1. The quantitative estimate of drug-likeness (QED) is 0.112. The second-order valence-corrected chi connectivity index (χ2v) is 24.4. The molecule has 0 N–H and O–H groups in total. The third-order valence-electron chi connectivity index (χ3n) is 12.6. The van der Waals surface area contributed by atoms with Crippen LogP contribution >= 0.6 is 0 Å². The fraction of sp³-hybridized carbons (Fsp3) is 0.145. The van der Waals surface area contributed by atoms with Crippen LogP contribution in [0.4, 0.5) is 0 Å². The Bertz CT molecular complexity index is 3590. The Morgan fingerprint density at radius 1 is 0.638 bits per heavy atom. The van der Waals surface area contributed by atoms with Crippen molar-refractivity contribution < 1.29 is 28.6 Å². The van der Waals surface area contributed by atoms with Crippen LogP contribution in [0.5, 0.6) is 0 Å². The molecule has 69 heavy (non-hydrogen) atoms. The van der Waals surface area contributed by atoms with Crippen LogP contribution in [0.25, 0.3) is 89.3 Å². The molecule has 1 radical (unpaired) electrons. The maximum absolute atomic E-state index is 7.75. The fourth-order valence-corrected chi connectivity index (χ4v) is 9.79. The normalized spacial score (nSPS) is 12.5. The van der Waals surface area contributed by atoms with Crippen molar-refractivity contribution in [2.45, 2.75) is 59.2 Å². The zero-order chi connectivity index (χ0) is 49.5. The van der Waals surface area contributed by atoms with Gasteiger partial charge in [-0.25, -0.2) is 4.98 Å². The van der Waals surface area contributed by atoms with E-state index in [4.69, 9.17) is 18.5 Å². The van der Waals surface area contributed by atoms with Gasteiger partial charge < -0.3 is 14.0 Å². The summed E-state index contributed by atoms with van der Waals surface area (Å²) in [5, 5.41) is 3.20. The summed E-state index contributed by atoms with van der Waals surface area (Å²) in [6, 6.07) is 68.0. The summed E-state index contributed by atoms with van der Waals surface area (Å²) in [5.74, 6) is 0.754. The van der Waals surface area contributed by atoms with Crippen molar-refractivity contribution in [3.63, 3.8) is 0 Å². The van der Waals surface area contributed by atoms with Gasteiger partial charge in [0.2, 0.25) is 5.71 Å². The van der Waals surface area contributed by atoms with E-state index in [0.717, 1.165) is 61.1 Å². The third kappa shape index (κ3) is 9.82. The molecular weight excluding hydrogens is 1040 g/mol. The van der Waals surface area contributed by atoms with Crippen LogP contribution in [0, 0.1) is 19.0 Å². The summed E-state index contributed by atoms with van der Waals surface area (Å²) >= 11 is 0. The first kappa shape index (κ1) is 43.3. The van der Waals surface area contributed by atoms with Crippen molar-refractivity contribution in [3.05, 3.63) is 217 Å². The van der Waals surface area contributed by atoms with Crippen LogP contribution in [0.1, 0.15) is 41.6 Å². The van der Waals surface area contributed by atoms with Crippen molar-refractivity contribution in [1.29, 1.82) is 0 Å². The van der Waals surface area contributed by atoms with Crippen LogP contribution in [-0.4, -0.2) is 27.6 Å². The number of pyridine rings is 2. The van der Waals surface area contributed by atoms with E-state index in [1.807, 2.05) is 60.8 Å². The van der Waals surface area contributed by atoms with Gasteiger partial charge >= 0.3 is 0 Å². The van der Waals surface area contributed by atoms with Gasteiger partial charge in [0.05, 0.1) is 36.2 Å². The number of fused-ring (bicyclic) bond motifs is 4. The van der Waals surface area contributed by atoms with E-state index in [1.165, 1.54) is 27.4 Å². The van der Waals surface area contributed by atoms with Gasteiger partial charge in [-0.1, -0.05) is 178 Å². The van der Waals surface area contributed by atoms with Gasteiger partial charge in [0.15, 0.2) is 0 Å². The van der Waals surface area contributed by atoms with Crippen molar-refractivity contribution in [3.8, 4) is 56.2 Å². The molecule has 11 aromatic rings. The average molecular weight is 1090 g/mol. The molecule has 7 heteroatoms. The third-order valence-corrected chi connectivity index (χ3v) is 14.6. The SMILES string of the molecule is C[Si](C)(C)c1ccc(-c2[c-]cccc2)nc1.[2H]C([2H])([2H])c1ccc(-c2ccc3c(n2)oc2c(-c4nc5ccccc5n4Cc4c(-c5ccccc5)cc(C(C)(C)C)cc4-c4ccccc4)[c-]ccc23)cc1.[Ir]. The zero-order valence-electron chi connectivity index (χ0n) is 42.6. The molecule has 0 unspecified atom stereocenters. The van der Waals surface area contributed by atoms with Crippen LogP contribution < -0.4 is 5.19 Å². The fourth-order valence-electron chi connectivity index (χ4n) is 8.75. The number of aryl methyl sites for hydroxylation is 1. The number of rotatable bonds is 8. The molecule has 4 aromatic heterocycles. The van der Waals surface area contributed by atoms with E-state index in [2.05, 4.69) is 165 Å². The smallest absolute Gasteiger partial charge is 0.216 e.